The van der Waals surface area contributed by atoms with Gasteiger partial charge in [0.1, 0.15) is 0 Å². The van der Waals surface area contributed by atoms with Gasteiger partial charge in [-0.1, -0.05) is 11.6 Å². The maximum atomic E-state index is 11.8. The van der Waals surface area contributed by atoms with Crippen molar-refractivity contribution in [2.24, 2.45) is 5.92 Å². The van der Waals surface area contributed by atoms with Crippen molar-refractivity contribution in [3.05, 3.63) is 33.5 Å². The summed E-state index contributed by atoms with van der Waals surface area (Å²) in [6.07, 6.45) is 4.89. The molecule has 1 fully saturated rings. The molecule has 1 heterocycles. The number of nitrogens with zero attached hydrogens (tertiary/aromatic N) is 1. The standard InChI is InChI=1S/C14H17NO6/c1-14(2)20-12(16)11(13(17)21-14)8-5-9-3-6-10(7-4-9)15(18)19/h3,6,11H,4-5,7-8H2,1-2H3. The molecular weight excluding hydrogens is 278 g/mol. The van der Waals surface area contributed by atoms with Crippen molar-refractivity contribution in [1.82, 2.24) is 0 Å². The molecule has 0 aromatic carbocycles. The number of rotatable bonds is 4. The Morgan fingerprint density at radius 1 is 1.24 bits per heavy atom. The fourth-order valence-electron chi connectivity index (χ4n) is 2.34. The van der Waals surface area contributed by atoms with Crippen LogP contribution in [0.1, 0.15) is 39.5 Å². The smallest absolute Gasteiger partial charge is 0.323 e. The fourth-order valence-corrected chi connectivity index (χ4v) is 2.34. The van der Waals surface area contributed by atoms with Gasteiger partial charge >= 0.3 is 11.9 Å². The van der Waals surface area contributed by atoms with E-state index in [0.717, 1.165) is 5.57 Å². The molecule has 2 rings (SSSR count). The number of hydrogen-bond acceptors (Lipinski definition) is 6. The number of carbonyl (C=O) groups is 2. The molecule has 7 heteroatoms. The Labute approximate surface area is 121 Å². The maximum Gasteiger partial charge on any atom is 0.323 e. The third kappa shape index (κ3) is 3.68. The third-order valence-corrected chi connectivity index (χ3v) is 3.46. The van der Waals surface area contributed by atoms with E-state index >= 15 is 0 Å². The lowest BCUT2D eigenvalue weighted by atomic mass is 9.93. The summed E-state index contributed by atoms with van der Waals surface area (Å²) in [6, 6.07) is 0. The van der Waals surface area contributed by atoms with Crippen molar-refractivity contribution in [3.8, 4) is 0 Å². The van der Waals surface area contributed by atoms with Gasteiger partial charge in [0, 0.05) is 26.3 Å². The van der Waals surface area contributed by atoms with Crippen molar-refractivity contribution in [2.75, 3.05) is 0 Å². The van der Waals surface area contributed by atoms with Crippen LogP contribution in [0.3, 0.4) is 0 Å². The Morgan fingerprint density at radius 3 is 2.33 bits per heavy atom. The zero-order valence-electron chi connectivity index (χ0n) is 12.0. The Hall–Kier alpha value is -2.18. The number of ether oxygens (including phenoxy) is 2. The van der Waals surface area contributed by atoms with E-state index in [2.05, 4.69) is 0 Å². The first-order chi connectivity index (χ1) is 9.78. The largest absolute Gasteiger partial charge is 0.422 e. The number of hydrogen-bond donors (Lipinski definition) is 0. The lowest BCUT2D eigenvalue weighted by molar-refractivity contribution is -0.428. The maximum absolute atomic E-state index is 11.8. The summed E-state index contributed by atoms with van der Waals surface area (Å²) in [4.78, 5) is 33.8. The normalized spacial score (nSPS) is 22.0. The van der Waals surface area contributed by atoms with Crippen LogP contribution in [0.5, 0.6) is 0 Å². The second-order valence-electron chi connectivity index (χ2n) is 5.57. The molecule has 0 aromatic heterocycles. The Balaban J connectivity index is 1.94. The summed E-state index contributed by atoms with van der Waals surface area (Å²) in [6.45, 7) is 3.01. The molecule has 0 atom stereocenters. The molecule has 0 radical (unpaired) electrons. The molecule has 0 spiro atoms. The van der Waals surface area contributed by atoms with Crippen molar-refractivity contribution in [3.63, 3.8) is 0 Å². The first kappa shape index (κ1) is 15.2. The summed E-state index contributed by atoms with van der Waals surface area (Å²) >= 11 is 0. The molecule has 114 valence electrons. The lowest BCUT2D eigenvalue weighted by Crippen LogP contribution is -2.46. The zero-order valence-corrected chi connectivity index (χ0v) is 12.0. The van der Waals surface area contributed by atoms with Gasteiger partial charge < -0.3 is 9.47 Å². The van der Waals surface area contributed by atoms with E-state index in [1.807, 2.05) is 0 Å². The van der Waals surface area contributed by atoms with Crippen LogP contribution in [0.4, 0.5) is 0 Å². The van der Waals surface area contributed by atoms with E-state index < -0.39 is 28.6 Å². The average molecular weight is 295 g/mol. The summed E-state index contributed by atoms with van der Waals surface area (Å²) in [5.41, 5.74) is 1.16. The quantitative estimate of drug-likeness (QED) is 0.341. The van der Waals surface area contributed by atoms with E-state index in [9.17, 15) is 19.7 Å². The van der Waals surface area contributed by atoms with E-state index in [1.165, 1.54) is 19.9 Å². The molecule has 1 aliphatic carbocycles. The van der Waals surface area contributed by atoms with E-state index in [1.54, 1.807) is 6.08 Å². The third-order valence-electron chi connectivity index (χ3n) is 3.46. The van der Waals surface area contributed by atoms with Crippen LogP contribution in [0.15, 0.2) is 23.4 Å². The van der Waals surface area contributed by atoms with Crippen LogP contribution in [-0.4, -0.2) is 22.6 Å². The van der Waals surface area contributed by atoms with Gasteiger partial charge in [0.15, 0.2) is 5.92 Å². The molecule has 0 amide bonds. The van der Waals surface area contributed by atoms with E-state index in [-0.39, 0.29) is 5.70 Å². The highest BCUT2D eigenvalue weighted by molar-refractivity contribution is 5.96. The molecule has 0 saturated carbocycles. The van der Waals surface area contributed by atoms with Crippen LogP contribution >= 0.6 is 0 Å². The van der Waals surface area contributed by atoms with Crippen LogP contribution in [0, 0.1) is 16.0 Å². The van der Waals surface area contributed by atoms with Gasteiger partial charge in [-0.2, -0.15) is 0 Å². The predicted molar refractivity (Wildman–Crippen MR) is 71.4 cm³/mol. The van der Waals surface area contributed by atoms with Crippen LogP contribution in [0.25, 0.3) is 0 Å². The molecule has 0 aromatic rings. The van der Waals surface area contributed by atoms with Gasteiger partial charge in [0.05, 0.1) is 4.92 Å². The number of nitro groups is 1. The van der Waals surface area contributed by atoms with Gasteiger partial charge in [-0.3, -0.25) is 19.7 Å². The summed E-state index contributed by atoms with van der Waals surface area (Å²) in [7, 11) is 0. The van der Waals surface area contributed by atoms with Crippen molar-refractivity contribution >= 4 is 11.9 Å². The van der Waals surface area contributed by atoms with Gasteiger partial charge in [-0.15, -0.1) is 0 Å². The van der Waals surface area contributed by atoms with Crippen molar-refractivity contribution < 1.29 is 24.0 Å². The molecular formula is C14H17NO6. The second-order valence-corrected chi connectivity index (χ2v) is 5.57. The van der Waals surface area contributed by atoms with Gasteiger partial charge in [0.25, 0.3) is 5.79 Å². The topological polar surface area (TPSA) is 95.7 Å². The second kappa shape index (κ2) is 5.67. The van der Waals surface area contributed by atoms with Crippen LogP contribution in [-0.2, 0) is 19.1 Å². The molecule has 0 N–H and O–H groups in total. The minimum atomic E-state index is -1.21. The SMILES string of the molecule is CC1(C)OC(=O)C(CCC2=CC=C([N+](=O)[O-])CC2)C(=O)O1. The molecule has 1 saturated heterocycles. The molecule has 7 nitrogen and oxygen atoms in total. The molecule has 21 heavy (non-hydrogen) atoms. The van der Waals surface area contributed by atoms with Gasteiger partial charge in [-0.25, -0.2) is 0 Å². The van der Waals surface area contributed by atoms with Crippen molar-refractivity contribution in [2.45, 2.75) is 45.3 Å². The number of esters is 2. The van der Waals surface area contributed by atoms with E-state index in [4.69, 9.17) is 9.47 Å². The Kier molecular flexibility index (Phi) is 4.11. The average Bonchev–Trinajstić information content (AvgIpc) is 2.36. The van der Waals surface area contributed by atoms with E-state index in [0.29, 0.717) is 25.7 Å². The van der Waals surface area contributed by atoms with Gasteiger partial charge in [-0.05, 0) is 19.3 Å². The Bertz CT molecular complexity index is 526. The monoisotopic (exact) mass is 295 g/mol. The highest BCUT2D eigenvalue weighted by Gasteiger charge is 2.42. The molecule has 0 unspecified atom stereocenters. The van der Waals surface area contributed by atoms with Crippen molar-refractivity contribution in [1.29, 1.82) is 0 Å². The van der Waals surface area contributed by atoms with Gasteiger partial charge in [0.2, 0.25) is 5.70 Å². The summed E-state index contributed by atoms with van der Waals surface area (Å²) < 4.78 is 10.1. The highest BCUT2D eigenvalue weighted by Crippen LogP contribution is 2.29. The Morgan fingerprint density at radius 2 is 1.86 bits per heavy atom. The minimum Gasteiger partial charge on any atom is -0.422 e. The first-order valence-electron chi connectivity index (χ1n) is 6.77. The van der Waals surface area contributed by atoms with Crippen LogP contribution < -0.4 is 0 Å². The highest BCUT2D eigenvalue weighted by atomic mass is 16.7. The minimum absolute atomic E-state index is 0.178. The predicted octanol–water partition coefficient (Wildman–Crippen LogP) is 2.10. The lowest BCUT2D eigenvalue weighted by Gasteiger charge is -2.33. The molecule has 0 bridgehead atoms. The zero-order chi connectivity index (χ0) is 15.6. The molecule has 2 aliphatic rings. The number of carbonyl (C=O) groups excluding carboxylic acids is 2. The summed E-state index contributed by atoms with van der Waals surface area (Å²) in [5, 5.41) is 10.6. The number of allylic oxidation sites excluding steroid dienone is 4. The number of cyclic esters (lactones) is 2. The first-order valence-corrected chi connectivity index (χ1v) is 6.77. The van der Waals surface area contributed by atoms with Crippen LogP contribution in [0.2, 0.25) is 0 Å². The fraction of sp³-hybridized carbons (Fsp3) is 0.571. The summed E-state index contributed by atoms with van der Waals surface area (Å²) in [5.74, 6) is -3.28. The molecule has 1 aliphatic heterocycles.